The number of nitrogens with two attached hydrogens (primary N) is 1. The molecule has 108 valence electrons. The van der Waals surface area contributed by atoms with E-state index in [0.717, 1.165) is 6.07 Å². The monoisotopic (exact) mass is 287 g/mol. The van der Waals surface area contributed by atoms with Crippen molar-refractivity contribution < 1.29 is 27.5 Å². The third kappa shape index (κ3) is 4.68. The number of rotatable bonds is 1. The number of anilines is 1. The molecule has 0 radical (unpaired) electrons. The maximum atomic E-state index is 11.7. The summed E-state index contributed by atoms with van der Waals surface area (Å²) in [6, 6.07) is 8.37. The first-order valence-electron chi connectivity index (χ1n) is 5.42. The maximum absolute atomic E-state index is 11.7. The van der Waals surface area contributed by atoms with Crippen LogP contribution < -0.4 is 5.73 Å². The highest BCUT2D eigenvalue weighted by Gasteiger charge is 2.34. The standard InChI is InChI=1S/C7H7NO2.C6H5F3O/c8-6-3-1-2-5(4-6)7(9)10;1-4-2-3-5(10-4)6(7,8)9/h1-4H,8H2,(H,9,10);2-3H,1H3. The minimum Gasteiger partial charge on any atom is -0.478 e. The van der Waals surface area contributed by atoms with E-state index in [1.165, 1.54) is 25.1 Å². The Kier molecular flexibility index (Phi) is 4.79. The van der Waals surface area contributed by atoms with E-state index in [9.17, 15) is 18.0 Å². The van der Waals surface area contributed by atoms with Crippen LogP contribution in [0.4, 0.5) is 18.9 Å². The summed E-state index contributed by atoms with van der Waals surface area (Å²) in [7, 11) is 0. The molecule has 2 aromatic rings. The Hall–Kier alpha value is -2.44. The number of alkyl halides is 3. The number of carbonyl (C=O) groups is 1. The Morgan fingerprint density at radius 1 is 1.25 bits per heavy atom. The number of hydrogen-bond acceptors (Lipinski definition) is 3. The third-order valence-electron chi connectivity index (χ3n) is 2.15. The molecular weight excluding hydrogens is 275 g/mol. The van der Waals surface area contributed by atoms with Gasteiger partial charge in [0.1, 0.15) is 5.76 Å². The molecule has 0 aliphatic rings. The van der Waals surface area contributed by atoms with Gasteiger partial charge in [-0.2, -0.15) is 13.2 Å². The predicted octanol–water partition coefficient (Wildman–Crippen LogP) is 3.57. The molecule has 1 aromatic heterocycles. The summed E-state index contributed by atoms with van der Waals surface area (Å²) in [6.45, 7) is 1.47. The zero-order chi connectivity index (χ0) is 15.3. The zero-order valence-electron chi connectivity index (χ0n) is 10.4. The minimum absolute atomic E-state index is 0.222. The van der Waals surface area contributed by atoms with Crippen LogP contribution in [0.15, 0.2) is 40.8 Å². The Labute approximate surface area is 112 Å². The molecule has 4 nitrogen and oxygen atoms in total. The fourth-order valence-corrected chi connectivity index (χ4v) is 1.26. The largest absolute Gasteiger partial charge is 0.478 e. The van der Waals surface area contributed by atoms with Gasteiger partial charge in [-0.05, 0) is 37.3 Å². The number of furan rings is 1. The van der Waals surface area contributed by atoms with Crippen LogP contribution in [0, 0.1) is 6.92 Å². The van der Waals surface area contributed by atoms with Crippen molar-refractivity contribution in [2.45, 2.75) is 13.1 Å². The lowest BCUT2D eigenvalue weighted by Gasteiger charge is -1.99. The average Bonchev–Trinajstić information content (AvgIpc) is 2.76. The van der Waals surface area contributed by atoms with Crippen LogP contribution >= 0.6 is 0 Å². The molecule has 0 amide bonds. The summed E-state index contributed by atoms with van der Waals surface area (Å²) in [5, 5.41) is 8.45. The van der Waals surface area contributed by atoms with Crippen LogP contribution in [0.5, 0.6) is 0 Å². The Balaban J connectivity index is 0.000000200. The summed E-state index contributed by atoms with van der Waals surface area (Å²) in [5.41, 5.74) is 6.03. The number of aryl methyl sites for hydroxylation is 1. The van der Waals surface area contributed by atoms with E-state index in [4.69, 9.17) is 10.8 Å². The molecule has 0 aliphatic carbocycles. The fraction of sp³-hybridized carbons (Fsp3) is 0.154. The summed E-state index contributed by atoms with van der Waals surface area (Å²) in [6.07, 6.45) is -4.35. The van der Waals surface area contributed by atoms with E-state index in [2.05, 4.69) is 4.42 Å². The molecule has 20 heavy (non-hydrogen) atoms. The lowest BCUT2D eigenvalue weighted by atomic mass is 10.2. The molecule has 0 aliphatic heterocycles. The van der Waals surface area contributed by atoms with Crippen LogP contribution in [-0.2, 0) is 6.18 Å². The lowest BCUT2D eigenvalue weighted by molar-refractivity contribution is -0.153. The first-order valence-corrected chi connectivity index (χ1v) is 5.42. The summed E-state index contributed by atoms with van der Waals surface area (Å²) < 4.78 is 39.4. The molecule has 0 spiro atoms. The van der Waals surface area contributed by atoms with Crippen LogP contribution in [0.3, 0.4) is 0 Å². The number of carboxylic acid groups (broad SMARTS) is 1. The van der Waals surface area contributed by atoms with Gasteiger partial charge in [0.2, 0.25) is 5.76 Å². The van der Waals surface area contributed by atoms with E-state index in [-0.39, 0.29) is 11.3 Å². The lowest BCUT2D eigenvalue weighted by Crippen LogP contribution is -2.01. The second-order valence-corrected chi connectivity index (χ2v) is 3.84. The molecule has 0 saturated heterocycles. The van der Waals surface area contributed by atoms with Crippen LogP contribution in [-0.4, -0.2) is 11.1 Å². The van der Waals surface area contributed by atoms with Gasteiger partial charge < -0.3 is 15.3 Å². The molecule has 7 heteroatoms. The number of aromatic carboxylic acids is 1. The molecule has 0 unspecified atom stereocenters. The van der Waals surface area contributed by atoms with Crippen molar-refractivity contribution in [3.8, 4) is 0 Å². The zero-order valence-corrected chi connectivity index (χ0v) is 10.4. The van der Waals surface area contributed by atoms with Gasteiger partial charge >= 0.3 is 12.1 Å². The molecule has 0 fully saturated rings. The second-order valence-electron chi connectivity index (χ2n) is 3.84. The van der Waals surface area contributed by atoms with Gasteiger partial charge in [0, 0.05) is 5.69 Å². The molecule has 1 heterocycles. The number of hydrogen-bond donors (Lipinski definition) is 2. The number of nitrogen functional groups attached to an aromatic ring is 1. The smallest absolute Gasteiger partial charge is 0.449 e. The van der Waals surface area contributed by atoms with Crippen LogP contribution in [0.2, 0.25) is 0 Å². The molecule has 3 N–H and O–H groups in total. The van der Waals surface area contributed by atoms with Crippen molar-refractivity contribution in [2.75, 3.05) is 5.73 Å². The molecular formula is C13H12F3NO3. The van der Waals surface area contributed by atoms with Crippen molar-refractivity contribution in [3.63, 3.8) is 0 Å². The first-order chi connectivity index (χ1) is 9.20. The van der Waals surface area contributed by atoms with Crippen molar-refractivity contribution in [2.24, 2.45) is 0 Å². The van der Waals surface area contributed by atoms with Gasteiger partial charge in [0.25, 0.3) is 0 Å². The Bertz CT molecular complexity index is 591. The van der Waals surface area contributed by atoms with Crippen molar-refractivity contribution in [1.82, 2.24) is 0 Å². The Morgan fingerprint density at radius 3 is 2.20 bits per heavy atom. The highest BCUT2D eigenvalue weighted by Crippen LogP contribution is 2.30. The number of halogens is 3. The summed E-state index contributed by atoms with van der Waals surface area (Å²) >= 11 is 0. The molecule has 2 rings (SSSR count). The first kappa shape index (κ1) is 15.6. The highest BCUT2D eigenvalue weighted by atomic mass is 19.4. The SMILES string of the molecule is Cc1ccc(C(F)(F)F)o1.Nc1cccc(C(=O)O)c1. The van der Waals surface area contributed by atoms with Crippen LogP contribution in [0.1, 0.15) is 21.9 Å². The molecule has 0 bridgehead atoms. The molecule has 0 atom stereocenters. The maximum Gasteiger partial charge on any atom is 0.449 e. The van der Waals surface area contributed by atoms with Gasteiger partial charge in [-0.3, -0.25) is 0 Å². The van der Waals surface area contributed by atoms with E-state index in [0.29, 0.717) is 5.69 Å². The molecule has 1 aromatic carbocycles. The molecule has 0 saturated carbocycles. The summed E-state index contributed by atoms with van der Waals surface area (Å²) in [5.74, 6) is -1.62. The number of benzene rings is 1. The van der Waals surface area contributed by atoms with Gasteiger partial charge in [-0.1, -0.05) is 6.07 Å². The third-order valence-corrected chi connectivity index (χ3v) is 2.15. The van der Waals surface area contributed by atoms with Gasteiger partial charge in [-0.15, -0.1) is 0 Å². The topological polar surface area (TPSA) is 76.5 Å². The van der Waals surface area contributed by atoms with Gasteiger partial charge in [-0.25, -0.2) is 4.79 Å². The second kappa shape index (κ2) is 6.14. The normalized spacial score (nSPS) is 10.6. The van der Waals surface area contributed by atoms with Crippen LogP contribution in [0.25, 0.3) is 0 Å². The number of carboxylic acids is 1. The van der Waals surface area contributed by atoms with E-state index >= 15 is 0 Å². The minimum atomic E-state index is -4.35. The van der Waals surface area contributed by atoms with E-state index < -0.39 is 17.9 Å². The highest BCUT2D eigenvalue weighted by molar-refractivity contribution is 5.88. The Morgan fingerprint density at radius 2 is 1.90 bits per heavy atom. The van der Waals surface area contributed by atoms with E-state index in [1.807, 2.05) is 0 Å². The summed E-state index contributed by atoms with van der Waals surface area (Å²) in [4.78, 5) is 10.3. The van der Waals surface area contributed by atoms with Crippen molar-refractivity contribution in [1.29, 1.82) is 0 Å². The predicted molar refractivity (Wildman–Crippen MR) is 66.3 cm³/mol. The average molecular weight is 287 g/mol. The van der Waals surface area contributed by atoms with E-state index in [1.54, 1.807) is 12.1 Å². The fourth-order valence-electron chi connectivity index (χ4n) is 1.26. The quantitative estimate of drug-likeness (QED) is 0.786. The van der Waals surface area contributed by atoms with Gasteiger partial charge in [0.15, 0.2) is 0 Å². The van der Waals surface area contributed by atoms with Gasteiger partial charge in [0.05, 0.1) is 5.56 Å². The van der Waals surface area contributed by atoms with Crippen molar-refractivity contribution in [3.05, 3.63) is 53.5 Å². The van der Waals surface area contributed by atoms with Crippen molar-refractivity contribution >= 4 is 11.7 Å².